The molecule has 2 saturated heterocycles. The standard InChI is InChI=1S/C19H23N5O3S/c1-27-15-8-3-2-6-13(15)12-20-17(26)14-7-4-10-23(14)18-21-22-19(28-18)24-11-5-9-16(24)25/h2-3,6,8,14H,4-5,7,9-12H2,1H3,(H,20,26)/t14-/m0/s1. The molecule has 2 aliphatic heterocycles. The number of anilines is 2. The van der Waals surface area contributed by atoms with Gasteiger partial charge in [0.25, 0.3) is 0 Å². The number of hydrogen-bond donors (Lipinski definition) is 1. The third kappa shape index (κ3) is 3.66. The third-order valence-electron chi connectivity index (χ3n) is 5.15. The number of ether oxygens (including phenoxy) is 1. The van der Waals surface area contributed by atoms with Gasteiger partial charge in [-0.15, -0.1) is 10.2 Å². The molecule has 0 radical (unpaired) electrons. The highest BCUT2D eigenvalue weighted by Gasteiger charge is 2.34. The first kappa shape index (κ1) is 18.7. The van der Waals surface area contributed by atoms with Crippen molar-refractivity contribution in [2.24, 2.45) is 0 Å². The van der Waals surface area contributed by atoms with E-state index in [9.17, 15) is 9.59 Å². The number of para-hydroxylation sites is 1. The molecule has 1 aromatic heterocycles. The van der Waals surface area contributed by atoms with Crippen LogP contribution in [0.15, 0.2) is 24.3 Å². The molecule has 9 heteroatoms. The molecule has 2 aliphatic rings. The van der Waals surface area contributed by atoms with Crippen molar-refractivity contribution in [3.05, 3.63) is 29.8 Å². The Kier molecular flexibility index (Phi) is 5.43. The average Bonchev–Trinajstić information content (AvgIpc) is 3.45. The van der Waals surface area contributed by atoms with Gasteiger partial charge in [-0.05, 0) is 25.3 Å². The maximum absolute atomic E-state index is 12.8. The Bertz CT molecular complexity index is 871. The second-order valence-corrected chi connectivity index (χ2v) is 7.83. The van der Waals surface area contributed by atoms with Gasteiger partial charge >= 0.3 is 0 Å². The molecular formula is C19H23N5O3S. The molecule has 0 unspecified atom stereocenters. The highest BCUT2D eigenvalue weighted by molar-refractivity contribution is 7.19. The minimum absolute atomic E-state index is 0.0302. The second-order valence-electron chi connectivity index (χ2n) is 6.90. The fraction of sp³-hybridized carbons (Fsp3) is 0.474. The summed E-state index contributed by atoms with van der Waals surface area (Å²) >= 11 is 1.38. The lowest BCUT2D eigenvalue weighted by atomic mass is 10.1. The molecular weight excluding hydrogens is 378 g/mol. The van der Waals surface area contributed by atoms with Gasteiger partial charge in [-0.3, -0.25) is 14.5 Å². The van der Waals surface area contributed by atoms with Gasteiger partial charge in [0.1, 0.15) is 11.8 Å². The third-order valence-corrected chi connectivity index (χ3v) is 6.14. The number of carbonyl (C=O) groups excluding carboxylic acids is 2. The van der Waals surface area contributed by atoms with Crippen molar-refractivity contribution in [2.45, 2.75) is 38.3 Å². The van der Waals surface area contributed by atoms with Gasteiger partial charge in [-0.25, -0.2) is 0 Å². The molecule has 0 aliphatic carbocycles. The minimum atomic E-state index is -0.273. The van der Waals surface area contributed by atoms with Crippen LogP contribution in [0.1, 0.15) is 31.2 Å². The number of benzene rings is 1. The zero-order chi connectivity index (χ0) is 19.5. The number of hydrogen-bond acceptors (Lipinski definition) is 7. The van der Waals surface area contributed by atoms with Crippen LogP contribution in [0.2, 0.25) is 0 Å². The van der Waals surface area contributed by atoms with Crippen LogP contribution in [0, 0.1) is 0 Å². The Hall–Kier alpha value is -2.68. The maximum atomic E-state index is 12.8. The molecule has 1 N–H and O–H groups in total. The molecule has 28 heavy (non-hydrogen) atoms. The van der Waals surface area contributed by atoms with Crippen LogP contribution in [0.3, 0.4) is 0 Å². The van der Waals surface area contributed by atoms with Crippen molar-refractivity contribution in [3.8, 4) is 5.75 Å². The smallest absolute Gasteiger partial charge is 0.243 e. The molecule has 2 aromatic rings. The minimum Gasteiger partial charge on any atom is -0.496 e. The number of rotatable bonds is 6. The summed E-state index contributed by atoms with van der Waals surface area (Å²) in [6.45, 7) is 1.86. The second kappa shape index (κ2) is 8.14. The molecule has 4 rings (SSSR count). The largest absolute Gasteiger partial charge is 0.496 e. The van der Waals surface area contributed by atoms with Crippen LogP contribution in [0.25, 0.3) is 0 Å². The number of methoxy groups -OCH3 is 1. The monoisotopic (exact) mass is 401 g/mol. The predicted molar refractivity (Wildman–Crippen MR) is 107 cm³/mol. The first-order chi connectivity index (χ1) is 13.7. The zero-order valence-corrected chi connectivity index (χ0v) is 16.6. The van der Waals surface area contributed by atoms with Crippen molar-refractivity contribution >= 4 is 33.4 Å². The van der Waals surface area contributed by atoms with Crippen molar-refractivity contribution in [2.75, 3.05) is 30.0 Å². The fourth-order valence-electron chi connectivity index (χ4n) is 3.70. The van der Waals surface area contributed by atoms with Crippen LogP contribution in [-0.2, 0) is 16.1 Å². The van der Waals surface area contributed by atoms with E-state index in [0.29, 0.717) is 29.8 Å². The van der Waals surface area contributed by atoms with Crippen LogP contribution in [0.4, 0.5) is 10.3 Å². The van der Waals surface area contributed by atoms with Crippen LogP contribution < -0.4 is 19.9 Å². The summed E-state index contributed by atoms with van der Waals surface area (Å²) < 4.78 is 5.34. The van der Waals surface area contributed by atoms with Crippen molar-refractivity contribution in [1.29, 1.82) is 0 Å². The van der Waals surface area contributed by atoms with Crippen molar-refractivity contribution in [1.82, 2.24) is 15.5 Å². The number of aromatic nitrogens is 2. The van der Waals surface area contributed by atoms with Gasteiger partial charge in [0.05, 0.1) is 7.11 Å². The summed E-state index contributed by atoms with van der Waals surface area (Å²) in [5.74, 6) is 0.822. The molecule has 0 spiro atoms. The lowest BCUT2D eigenvalue weighted by Gasteiger charge is -2.23. The quantitative estimate of drug-likeness (QED) is 0.796. The SMILES string of the molecule is COc1ccccc1CNC(=O)[C@@H]1CCCN1c1nnc(N2CCCC2=O)s1. The van der Waals surface area contributed by atoms with Gasteiger partial charge in [0.15, 0.2) is 0 Å². The van der Waals surface area contributed by atoms with E-state index >= 15 is 0 Å². The van der Waals surface area contributed by atoms with E-state index in [1.165, 1.54) is 11.3 Å². The Morgan fingerprint density at radius 3 is 2.86 bits per heavy atom. The summed E-state index contributed by atoms with van der Waals surface area (Å²) in [5, 5.41) is 12.8. The van der Waals surface area contributed by atoms with E-state index in [1.54, 1.807) is 12.0 Å². The summed E-state index contributed by atoms with van der Waals surface area (Å²) in [4.78, 5) is 28.4. The molecule has 0 bridgehead atoms. The lowest BCUT2D eigenvalue weighted by molar-refractivity contribution is -0.122. The molecule has 1 aromatic carbocycles. The Balaban J connectivity index is 1.42. The van der Waals surface area contributed by atoms with Crippen LogP contribution in [0.5, 0.6) is 5.75 Å². The van der Waals surface area contributed by atoms with Crippen molar-refractivity contribution in [3.63, 3.8) is 0 Å². The zero-order valence-electron chi connectivity index (χ0n) is 15.8. The number of nitrogens with one attached hydrogen (secondary N) is 1. The van der Waals surface area contributed by atoms with E-state index in [-0.39, 0.29) is 17.9 Å². The number of amides is 2. The number of nitrogens with zero attached hydrogens (tertiary/aromatic N) is 4. The molecule has 2 amide bonds. The summed E-state index contributed by atoms with van der Waals surface area (Å²) in [5.41, 5.74) is 0.939. The fourth-order valence-corrected chi connectivity index (χ4v) is 4.67. The normalized spacial score (nSPS) is 19.3. The van der Waals surface area contributed by atoms with E-state index < -0.39 is 0 Å². The lowest BCUT2D eigenvalue weighted by Crippen LogP contribution is -2.43. The molecule has 1 atom stereocenters. The van der Waals surface area contributed by atoms with Gasteiger partial charge in [-0.1, -0.05) is 29.5 Å². The molecule has 148 valence electrons. The van der Waals surface area contributed by atoms with E-state index in [0.717, 1.165) is 37.1 Å². The Morgan fingerprint density at radius 1 is 1.25 bits per heavy atom. The average molecular weight is 401 g/mol. The maximum Gasteiger partial charge on any atom is 0.243 e. The highest BCUT2D eigenvalue weighted by Crippen LogP contribution is 2.33. The molecule has 0 saturated carbocycles. The molecule has 8 nitrogen and oxygen atoms in total. The highest BCUT2D eigenvalue weighted by atomic mass is 32.1. The Morgan fingerprint density at radius 2 is 2.07 bits per heavy atom. The molecule has 2 fully saturated rings. The first-order valence-electron chi connectivity index (χ1n) is 9.47. The summed E-state index contributed by atoms with van der Waals surface area (Å²) in [6, 6.07) is 7.38. The van der Waals surface area contributed by atoms with Gasteiger partial charge in [0.2, 0.25) is 22.1 Å². The predicted octanol–water partition coefficient (Wildman–Crippen LogP) is 1.96. The number of carbonyl (C=O) groups is 2. The van der Waals surface area contributed by atoms with E-state index in [4.69, 9.17) is 4.74 Å². The topological polar surface area (TPSA) is 87.7 Å². The van der Waals surface area contributed by atoms with E-state index in [1.807, 2.05) is 29.2 Å². The van der Waals surface area contributed by atoms with Crippen molar-refractivity contribution < 1.29 is 14.3 Å². The molecule has 3 heterocycles. The van der Waals surface area contributed by atoms with Gasteiger partial charge in [0, 0.05) is 31.6 Å². The first-order valence-corrected chi connectivity index (χ1v) is 10.3. The van der Waals surface area contributed by atoms with Gasteiger partial charge in [-0.2, -0.15) is 0 Å². The van der Waals surface area contributed by atoms with E-state index in [2.05, 4.69) is 15.5 Å². The Labute approximate surface area is 167 Å². The van der Waals surface area contributed by atoms with Crippen LogP contribution in [-0.4, -0.2) is 48.3 Å². The summed E-state index contributed by atoms with van der Waals surface area (Å²) in [7, 11) is 1.62. The van der Waals surface area contributed by atoms with Gasteiger partial charge < -0.3 is 15.0 Å². The van der Waals surface area contributed by atoms with Crippen LogP contribution >= 0.6 is 11.3 Å². The summed E-state index contributed by atoms with van der Waals surface area (Å²) in [6.07, 6.45) is 3.11.